The molecule has 80 valence electrons. The molecule has 0 aromatic carbocycles. The van der Waals surface area contributed by atoms with Gasteiger partial charge in [-0.05, 0) is 25.2 Å². The molecule has 0 amide bonds. The van der Waals surface area contributed by atoms with Gasteiger partial charge in [0.15, 0.2) is 0 Å². The van der Waals surface area contributed by atoms with Gasteiger partial charge in [-0.1, -0.05) is 31.8 Å². The second-order valence-corrected chi connectivity index (χ2v) is 4.82. The second-order valence-electron chi connectivity index (χ2n) is 4.82. The van der Waals surface area contributed by atoms with Gasteiger partial charge in [0.05, 0.1) is 5.71 Å². The van der Waals surface area contributed by atoms with Gasteiger partial charge in [0.2, 0.25) is 0 Å². The summed E-state index contributed by atoms with van der Waals surface area (Å²) in [6, 6.07) is 0. The summed E-state index contributed by atoms with van der Waals surface area (Å²) in [7, 11) is 0. The summed E-state index contributed by atoms with van der Waals surface area (Å²) in [5.41, 5.74) is 1.35. The van der Waals surface area contributed by atoms with E-state index in [0.29, 0.717) is 12.0 Å². The molecule has 2 atom stereocenters. The van der Waals surface area contributed by atoms with Crippen LogP contribution in [-0.4, -0.2) is 11.8 Å². The summed E-state index contributed by atoms with van der Waals surface area (Å²) in [5.74, 6) is 1.47. The Labute approximate surface area is 86.7 Å². The third-order valence-electron chi connectivity index (χ3n) is 3.41. The van der Waals surface area contributed by atoms with Crippen molar-refractivity contribution < 1.29 is 4.84 Å². The van der Waals surface area contributed by atoms with Crippen LogP contribution in [0.5, 0.6) is 0 Å². The van der Waals surface area contributed by atoms with Crippen LogP contribution in [0, 0.1) is 11.8 Å². The second kappa shape index (κ2) is 4.33. The normalized spacial score (nSPS) is 28.4. The molecular formula is C12H21NO. The highest BCUT2D eigenvalue weighted by Gasteiger charge is 2.35. The van der Waals surface area contributed by atoms with E-state index in [4.69, 9.17) is 4.84 Å². The van der Waals surface area contributed by atoms with E-state index in [9.17, 15) is 0 Å². The van der Waals surface area contributed by atoms with Gasteiger partial charge in [-0.15, -0.1) is 0 Å². The largest absolute Gasteiger partial charge is 0.392 e. The molecule has 1 fully saturated rings. The van der Waals surface area contributed by atoms with Crippen LogP contribution in [0.2, 0.25) is 0 Å². The number of nitrogens with zero attached hydrogens (tertiary/aromatic N) is 1. The average molecular weight is 195 g/mol. The fraction of sp³-hybridized carbons (Fsp3) is 0.917. The van der Waals surface area contributed by atoms with Crippen molar-refractivity contribution in [1.82, 2.24) is 0 Å². The van der Waals surface area contributed by atoms with Crippen molar-refractivity contribution in [1.29, 1.82) is 0 Å². The van der Waals surface area contributed by atoms with E-state index in [1.54, 1.807) is 0 Å². The molecule has 0 radical (unpaired) electrons. The lowest BCUT2D eigenvalue weighted by Gasteiger charge is -2.16. The first-order chi connectivity index (χ1) is 6.81. The maximum Gasteiger partial charge on any atom is 0.135 e. The highest BCUT2D eigenvalue weighted by Crippen LogP contribution is 2.36. The molecule has 2 rings (SSSR count). The van der Waals surface area contributed by atoms with Gasteiger partial charge in [0.25, 0.3) is 0 Å². The fourth-order valence-corrected chi connectivity index (χ4v) is 2.09. The van der Waals surface area contributed by atoms with Gasteiger partial charge in [-0.2, -0.15) is 0 Å². The van der Waals surface area contributed by atoms with Crippen LogP contribution < -0.4 is 0 Å². The molecule has 1 aliphatic heterocycles. The van der Waals surface area contributed by atoms with E-state index < -0.39 is 0 Å². The summed E-state index contributed by atoms with van der Waals surface area (Å²) < 4.78 is 0. The number of oxime groups is 1. The van der Waals surface area contributed by atoms with Crippen molar-refractivity contribution in [3.63, 3.8) is 0 Å². The van der Waals surface area contributed by atoms with Gasteiger partial charge >= 0.3 is 0 Å². The molecule has 1 aliphatic carbocycles. The van der Waals surface area contributed by atoms with Crippen molar-refractivity contribution >= 4 is 5.71 Å². The molecule has 14 heavy (non-hydrogen) atoms. The summed E-state index contributed by atoms with van der Waals surface area (Å²) in [5, 5.41) is 4.22. The maximum atomic E-state index is 5.51. The molecule has 0 aromatic heterocycles. The SMILES string of the molecule is CCCCC(C)C1CC(C2CC2)=NO1. The quantitative estimate of drug-likeness (QED) is 0.659. The highest BCUT2D eigenvalue weighted by atomic mass is 16.6. The minimum atomic E-state index is 0.386. The Morgan fingerprint density at radius 2 is 2.29 bits per heavy atom. The zero-order chi connectivity index (χ0) is 9.97. The minimum Gasteiger partial charge on any atom is -0.392 e. The van der Waals surface area contributed by atoms with E-state index in [1.165, 1.54) is 37.8 Å². The first-order valence-electron chi connectivity index (χ1n) is 6.03. The van der Waals surface area contributed by atoms with Crippen molar-refractivity contribution in [3.05, 3.63) is 0 Å². The fourth-order valence-electron chi connectivity index (χ4n) is 2.09. The van der Waals surface area contributed by atoms with E-state index >= 15 is 0 Å². The Kier molecular flexibility index (Phi) is 3.09. The number of unbranched alkanes of at least 4 members (excludes halogenated alkanes) is 1. The topological polar surface area (TPSA) is 21.6 Å². The predicted octanol–water partition coefficient (Wildman–Crippen LogP) is 3.37. The third-order valence-corrected chi connectivity index (χ3v) is 3.41. The first kappa shape index (κ1) is 10.0. The summed E-state index contributed by atoms with van der Waals surface area (Å²) in [6.07, 6.45) is 8.07. The molecule has 0 bridgehead atoms. The van der Waals surface area contributed by atoms with Crippen LogP contribution >= 0.6 is 0 Å². The van der Waals surface area contributed by atoms with Gasteiger partial charge in [-0.3, -0.25) is 0 Å². The minimum absolute atomic E-state index is 0.386. The molecule has 1 saturated carbocycles. The summed E-state index contributed by atoms with van der Waals surface area (Å²) in [6.45, 7) is 4.54. The standard InChI is InChI=1S/C12H21NO/c1-3-4-5-9(2)12-8-11(13-14-12)10-6-7-10/h9-10,12H,3-8H2,1-2H3. The number of hydrogen-bond acceptors (Lipinski definition) is 2. The van der Waals surface area contributed by atoms with Gasteiger partial charge in [-0.25, -0.2) is 0 Å². The van der Waals surface area contributed by atoms with Gasteiger partial charge < -0.3 is 4.84 Å². The lowest BCUT2D eigenvalue weighted by atomic mass is 9.94. The predicted molar refractivity (Wildman–Crippen MR) is 58.3 cm³/mol. The van der Waals surface area contributed by atoms with E-state index in [1.807, 2.05) is 0 Å². The van der Waals surface area contributed by atoms with Crippen LogP contribution in [0.4, 0.5) is 0 Å². The highest BCUT2D eigenvalue weighted by molar-refractivity contribution is 5.89. The molecule has 0 N–H and O–H groups in total. The smallest absolute Gasteiger partial charge is 0.135 e. The molecule has 2 heteroatoms. The summed E-state index contributed by atoms with van der Waals surface area (Å²) in [4.78, 5) is 5.51. The Hall–Kier alpha value is -0.530. The molecule has 0 saturated heterocycles. The van der Waals surface area contributed by atoms with Crippen LogP contribution in [-0.2, 0) is 4.84 Å². The van der Waals surface area contributed by atoms with Gasteiger partial charge in [0, 0.05) is 12.3 Å². The van der Waals surface area contributed by atoms with Crippen LogP contribution in [0.15, 0.2) is 5.16 Å². The number of hydrogen-bond donors (Lipinski definition) is 0. The molecule has 2 nitrogen and oxygen atoms in total. The Morgan fingerprint density at radius 3 is 2.93 bits per heavy atom. The Balaban J connectivity index is 1.73. The third kappa shape index (κ3) is 2.28. The molecule has 1 heterocycles. The van der Waals surface area contributed by atoms with Crippen molar-refractivity contribution in [2.45, 2.75) is 58.5 Å². The van der Waals surface area contributed by atoms with E-state index in [2.05, 4.69) is 19.0 Å². The maximum absolute atomic E-state index is 5.51. The number of rotatable bonds is 5. The molecular weight excluding hydrogens is 174 g/mol. The molecule has 2 unspecified atom stereocenters. The summed E-state index contributed by atoms with van der Waals surface area (Å²) >= 11 is 0. The monoisotopic (exact) mass is 195 g/mol. The lowest BCUT2D eigenvalue weighted by molar-refractivity contribution is 0.0427. The first-order valence-corrected chi connectivity index (χ1v) is 6.03. The Bertz CT molecular complexity index is 220. The van der Waals surface area contributed by atoms with Crippen molar-refractivity contribution in [2.75, 3.05) is 0 Å². The van der Waals surface area contributed by atoms with Crippen LogP contribution in [0.25, 0.3) is 0 Å². The van der Waals surface area contributed by atoms with Crippen LogP contribution in [0.3, 0.4) is 0 Å². The zero-order valence-corrected chi connectivity index (χ0v) is 9.33. The molecule has 0 aromatic rings. The van der Waals surface area contributed by atoms with Crippen molar-refractivity contribution in [3.8, 4) is 0 Å². The van der Waals surface area contributed by atoms with E-state index in [-0.39, 0.29) is 0 Å². The van der Waals surface area contributed by atoms with E-state index in [0.717, 1.165) is 12.3 Å². The van der Waals surface area contributed by atoms with Crippen LogP contribution in [0.1, 0.15) is 52.4 Å². The molecule has 2 aliphatic rings. The van der Waals surface area contributed by atoms with Gasteiger partial charge in [0.1, 0.15) is 6.10 Å². The zero-order valence-electron chi connectivity index (χ0n) is 9.33. The molecule has 0 spiro atoms. The average Bonchev–Trinajstić information content (AvgIpc) is 2.93. The lowest BCUT2D eigenvalue weighted by Crippen LogP contribution is -2.18. The van der Waals surface area contributed by atoms with Crippen molar-refractivity contribution in [2.24, 2.45) is 17.0 Å². The Morgan fingerprint density at radius 1 is 1.50 bits per heavy atom.